The molecule has 0 aromatic heterocycles. The Morgan fingerprint density at radius 3 is 1.50 bits per heavy atom. The van der Waals surface area contributed by atoms with Gasteiger partial charge in [0.2, 0.25) is 0 Å². The quantitative estimate of drug-likeness (QED) is 0.0546. The van der Waals surface area contributed by atoms with E-state index < -0.39 is 34.0 Å². The summed E-state index contributed by atoms with van der Waals surface area (Å²) in [6, 6.07) is 4.45. The lowest BCUT2D eigenvalue weighted by Crippen LogP contribution is -2.23. The number of carbonyl (C=O) groups is 2. The van der Waals surface area contributed by atoms with Crippen molar-refractivity contribution >= 4 is 74.7 Å². The van der Waals surface area contributed by atoms with Crippen LogP contribution in [0.3, 0.4) is 0 Å². The number of nitriles is 2. The number of carbonyl (C=O) groups excluding carboxylic acids is 2. The van der Waals surface area contributed by atoms with Crippen LogP contribution in [0.4, 0.5) is 0 Å². The van der Waals surface area contributed by atoms with Gasteiger partial charge >= 0.3 is 11.9 Å². The molecule has 0 heterocycles. The highest BCUT2D eigenvalue weighted by Gasteiger charge is 2.28. The van der Waals surface area contributed by atoms with E-state index in [-0.39, 0.29) is 52.5 Å². The maximum absolute atomic E-state index is 12.0. The van der Waals surface area contributed by atoms with Crippen LogP contribution in [0.2, 0.25) is 0 Å². The first-order chi connectivity index (χ1) is 19.8. The molecule has 42 heavy (non-hydrogen) atoms. The number of thioether (sulfide) groups is 4. The largest absolute Gasteiger partial charge is 0.463 e. The normalized spacial score (nSPS) is 15.2. The summed E-state index contributed by atoms with van der Waals surface area (Å²) >= 11 is 10.7. The maximum atomic E-state index is 12.0. The molecule has 0 bridgehead atoms. The molecule has 0 amide bonds. The van der Waals surface area contributed by atoms with Gasteiger partial charge in [0.1, 0.15) is 26.2 Å². The van der Waals surface area contributed by atoms with E-state index >= 15 is 0 Å². The summed E-state index contributed by atoms with van der Waals surface area (Å²) in [5.74, 6) is -0.801. The molecule has 0 fully saturated rings. The molecule has 0 aliphatic heterocycles. The van der Waals surface area contributed by atoms with Crippen molar-refractivity contribution in [2.45, 2.75) is 75.5 Å². The molecular weight excluding hydrogens is 641 g/mol. The van der Waals surface area contributed by atoms with Gasteiger partial charge < -0.3 is 28.4 Å². The van der Waals surface area contributed by atoms with E-state index in [0.717, 1.165) is 4.24 Å². The minimum Gasteiger partial charge on any atom is -0.463 e. The van der Waals surface area contributed by atoms with E-state index in [0.29, 0.717) is 16.4 Å². The Morgan fingerprint density at radius 2 is 1.14 bits per heavy atom. The molecule has 0 N–H and O–H groups in total. The molecule has 238 valence electrons. The zero-order valence-electron chi connectivity index (χ0n) is 25.1. The first-order valence-corrected chi connectivity index (χ1v) is 17.6. The van der Waals surface area contributed by atoms with Gasteiger partial charge in [-0.15, -0.1) is 23.5 Å². The lowest BCUT2D eigenvalue weighted by atomic mass is 10.1. The van der Waals surface area contributed by atoms with Crippen LogP contribution in [0.15, 0.2) is 10.8 Å². The topological polar surface area (TPSA) is 137 Å². The van der Waals surface area contributed by atoms with Crippen LogP contribution in [0.1, 0.15) is 53.4 Å². The van der Waals surface area contributed by atoms with Crippen molar-refractivity contribution in [1.29, 1.82) is 10.5 Å². The van der Waals surface area contributed by atoms with Crippen LogP contribution in [-0.4, -0.2) is 89.7 Å². The van der Waals surface area contributed by atoms with E-state index in [1.807, 2.05) is 12.5 Å². The molecular formula is C27H42N2O8S5. The second kappa shape index (κ2) is 23.4. The lowest BCUT2D eigenvalue weighted by molar-refractivity contribution is -0.179. The molecule has 0 spiro atoms. The van der Waals surface area contributed by atoms with Gasteiger partial charge in [-0.1, -0.05) is 42.3 Å². The Bertz CT molecular complexity index is 870. The summed E-state index contributed by atoms with van der Waals surface area (Å²) in [6.07, 6.45) is 3.60. The highest BCUT2D eigenvalue weighted by molar-refractivity contribution is 8.47. The van der Waals surface area contributed by atoms with Crippen molar-refractivity contribution < 1.29 is 38.0 Å². The van der Waals surface area contributed by atoms with Gasteiger partial charge in [0, 0.05) is 17.1 Å². The Labute approximate surface area is 272 Å². The summed E-state index contributed by atoms with van der Waals surface area (Å²) in [7, 11) is 0. The molecule has 0 aliphatic carbocycles. The van der Waals surface area contributed by atoms with Crippen molar-refractivity contribution in [3.63, 3.8) is 0 Å². The lowest BCUT2D eigenvalue weighted by Gasteiger charge is -2.20. The molecule has 0 rings (SSSR count). The summed E-state index contributed by atoms with van der Waals surface area (Å²) in [5.41, 5.74) is 0. The van der Waals surface area contributed by atoms with Crippen molar-refractivity contribution in [3.8, 4) is 12.1 Å². The van der Waals surface area contributed by atoms with Gasteiger partial charge in [-0.05, 0) is 53.0 Å². The number of thiocarbonyl (C=S) groups is 1. The summed E-state index contributed by atoms with van der Waals surface area (Å²) < 4.78 is 32.3. The molecule has 0 aliphatic rings. The van der Waals surface area contributed by atoms with E-state index in [1.54, 1.807) is 27.7 Å². The van der Waals surface area contributed by atoms with E-state index in [9.17, 15) is 20.1 Å². The van der Waals surface area contributed by atoms with Gasteiger partial charge in [0.25, 0.3) is 0 Å². The van der Waals surface area contributed by atoms with Crippen LogP contribution >= 0.6 is 59.3 Å². The second-order valence-electron chi connectivity index (χ2n) is 8.98. The van der Waals surface area contributed by atoms with Crippen LogP contribution in [0, 0.1) is 22.7 Å². The third-order valence-electron chi connectivity index (χ3n) is 5.31. The fourth-order valence-corrected chi connectivity index (χ4v) is 6.56. The predicted octanol–water partition coefficient (Wildman–Crippen LogP) is 5.90. The summed E-state index contributed by atoms with van der Waals surface area (Å²) in [6.45, 7) is 11.8. The van der Waals surface area contributed by atoms with Gasteiger partial charge in [-0.25, -0.2) is 0 Å². The summed E-state index contributed by atoms with van der Waals surface area (Å²) in [4.78, 5) is 24.0. The highest BCUT2D eigenvalue weighted by atomic mass is 32.2. The van der Waals surface area contributed by atoms with E-state index in [1.165, 1.54) is 47.0 Å². The average Bonchev–Trinajstić information content (AvgIpc) is 2.97. The molecule has 0 saturated heterocycles. The molecule has 0 aromatic carbocycles. The smallest absolute Gasteiger partial charge is 0.305 e. The Balaban J connectivity index is 3.91. The number of nitrogens with zero attached hydrogens (tertiary/aromatic N) is 2. The van der Waals surface area contributed by atoms with Crippen molar-refractivity contribution in [3.05, 3.63) is 10.8 Å². The van der Waals surface area contributed by atoms with Crippen molar-refractivity contribution in [2.24, 2.45) is 0 Å². The zero-order valence-corrected chi connectivity index (χ0v) is 29.2. The number of esters is 2. The predicted molar refractivity (Wildman–Crippen MR) is 175 cm³/mol. The first kappa shape index (κ1) is 41.0. The van der Waals surface area contributed by atoms with Gasteiger partial charge in [-0.3, -0.25) is 9.59 Å². The Kier molecular flexibility index (Phi) is 22.8. The Morgan fingerprint density at radius 1 is 0.762 bits per heavy atom. The average molecular weight is 683 g/mol. The number of rotatable bonds is 23. The molecule has 0 aromatic rings. The SMILES string of the molecule is C=C(SC)SC(C)(C#N)CCC(=O)OCCOC(C)OCCOC(C)OCCOC(=O)CCC(C)(C#N)SC(=S)SC. The monoisotopic (exact) mass is 682 g/mol. The molecule has 4 unspecified atom stereocenters. The second-order valence-corrected chi connectivity index (χ2v) is 15.2. The van der Waals surface area contributed by atoms with Crippen molar-refractivity contribution in [2.75, 3.05) is 52.2 Å². The van der Waals surface area contributed by atoms with Crippen LogP contribution in [-0.2, 0) is 38.0 Å². The number of hydrogen-bond donors (Lipinski definition) is 0. The highest BCUT2D eigenvalue weighted by Crippen LogP contribution is 2.38. The van der Waals surface area contributed by atoms with Gasteiger partial charge in [0.05, 0.1) is 38.6 Å². The number of hydrogen-bond acceptors (Lipinski definition) is 15. The van der Waals surface area contributed by atoms with E-state index in [4.69, 9.17) is 40.6 Å². The zero-order chi connectivity index (χ0) is 32.0. The van der Waals surface area contributed by atoms with Gasteiger partial charge in [-0.2, -0.15) is 10.5 Å². The molecule has 0 radical (unpaired) electrons. The third-order valence-corrected chi connectivity index (χ3v) is 10.2. The van der Waals surface area contributed by atoms with E-state index in [2.05, 4.69) is 18.7 Å². The molecule has 4 atom stereocenters. The minimum absolute atomic E-state index is 0.0719. The molecule has 15 heteroatoms. The molecule has 0 saturated carbocycles. The fourth-order valence-electron chi connectivity index (χ4n) is 2.87. The van der Waals surface area contributed by atoms with Crippen molar-refractivity contribution in [1.82, 2.24) is 0 Å². The van der Waals surface area contributed by atoms with Crippen LogP contribution in [0.25, 0.3) is 0 Å². The summed E-state index contributed by atoms with van der Waals surface area (Å²) in [5, 5.41) is 18.8. The van der Waals surface area contributed by atoms with Crippen LogP contribution in [0.5, 0.6) is 0 Å². The van der Waals surface area contributed by atoms with Gasteiger partial charge in [0.15, 0.2) is 12.6 Å². The first-order valence-electron chi connectivity index (χ1n) is 13.1. The minimum atomic E-state index is -0.777. The number of ether oxygens (including phenoxy) is 6. The van der Waals surface area contributed by atoms with Crippen LogP contribution < -0.4 is 0 Å². The third kappa shape index (κ3) is 20.8. The fraction of sp³-hybridized carbons (Fsp3) is 0.741. The maximum Gasteiger partial charge on any atom is 0.305 e. The molecule has 10 nitrogen and oxygen atoms in total. The standard InChI is InChI=1S/C27H42N2O8S5/c1-20(34-14-16-36-23(30)8-10-26(4,18-28)41-22(3)39-6)32-12-13-33-21(2)35-15-17-37-24(31)9-11-27(5,19-29)42-25(38)40-7/h20-21H,3,8-17H2,1-2,4-7H3. The Hall–Kier alpha value is -1.01.